The van der Waals surface area contributed by atoms with Gasteiger partial charge < -0.3 is 25.6 Å². The fourth-order valence-electron chi connectivity index (χ4n) is 3.90. The minimum absolute atomic E-state index is 0.0440. The molecule has 0 aromatic heterocycles. The molecule has 4 N–H and O–H groups in total. The Labute approximate surface area is 201 Å². The summed E-state index contributed by atoms with van der Waals surface area (Å²) in [5.41, 5.74) is 3.50. The second-order valence-electron chi connectivity index (χ2n) is 9.13. The molecule has 0 fully saturated rings. The molecule has 0 radical (unpaired) electrons. The predicted molar refractivity (Wildman–Crippen MR) is 134 cm³/mol. The number of phenols is 1. The van der Waals surface area contributed by atoms with Gasteiger partial charge in [0.2, 0.25) is 5.91 Å². The predicted octanol–water partition coefficient (Wildman–Crippen LogP) is 3.90. The van der Waals surface area contributed by atoms with Gasteiger partial charge in [-0.2, -0.15) is 0 Å². The molecule has 6 nitrogen and oxygen atoms in total. The van der Waals surface area contributed by atoms with Gasteiger partial charge in [0.25, 0.3) is 0 Å². The van der Waals surface area contributed by atoms with E-state index in [2.05, 4.69) is 36.6 Å². The van der Waals surface area contributed by atoms with Gasteiger partial charge in [0.15, 0.2) is 0 Å². The Morgan fingerprint density at radius 2 is 1.71 bits per heavy atom. The molecule has 0 saturated carbocycles. The number of methoxy groups -OCH3 is 1. The Morgan fingerprint density at radius 3 is 2.44 bits per heavy atom. The summed E-state index contributed by atoms with van der Waals surface area (Å²) in [6.07, 6.45) is 0.376. The van der Waals surface area contributed by atoms with E-state index in [4.69, 9.17) is 4.74 Å². The van der Waals surface area contributed by atoms with Crippen LogP contribution in [0.15, 0.2) is 72.8 Å². The molecule has 6 heteroatoms. The van der Waals surface area contributed by atoms with E-state index in [1.54, 1.807) is 31.4 Å². The molecule has 0 bridgehead atoms. The number of ether oxygens (including phenoxy) is 1. The molecule has 34 heavy (non-hydrogen) atoms. The molecule has 3 rings (SSSR count). The Morgan fingerprint density at radius 1 is 1.00 bits per heavy atom. The lowest BCUT2D eigenvalue weighted by molar-refractivity contribution is -0.120. The van der Waals surface area contributed by atoms with Gasteiger partial charge >= 0.3 is 0 Å². The lowest BCUT2D eigenvalue weighted by atomic mass is 9.93. The summed E-state index contributed by atoms with van der Waals surface area (Å²) in [6, 6.07) is 22.3. The van der Waals surface area contributed by atoms with Crippen molar-refractivity contribution in [3.8, 4) is 11.5 Å². The molecule has 0 heterocycles. The first kappa shape index (κ1) is 25.3. The minimum Gasteiger partial charge on any atom is -0.508 e. The van der Waals surface area contributed by atoms with E-state index in [1.165, 1.54) is 0 Å². The van der Waals surface area contributed by atoms with Crippen LogP contribution in [0.3, 0.4) is 0 Å². The lowest BCUT2D eigenvalue weighted by Gasteiger charge is -2.28. The first-order chi connectivity index (χ1) is 16.3. The summed E-state index contributed by atoms with van der Waals surface area (Å²) in [5, 5.41) is 26.3. The largest absolute Gasteiger partial charge is 0.508 e. The molecule has 3 aromatic rings. The number of aliphatic hydroxyl groups is 1. The van der Waals surface area contributed by atoms with Crippen LogP contribution in [0.5, 0.6) is 11.5 Å². The monoisotopic (exact) mass is 462 g/mol. The number of carbonyl (C=O) groups is 1. The van der Waals surface area contributed by atoms with Gasteiger partial charge in [0.1, 0.15) is 11.5 Å². The number of hydrogen-bond donors (Lipinski definition) is 4. The third-order valence-corrected chi connectivity index (χ3v) is 5.72. The zero-order valence-corrected chi connectivity index (χ0v) is 20.0. The van der Waals surface area contributed by atoms with Gasteiger partial charge in [-0.05, 0) is 55.2 Å². The maximum absolute atomic E-state index is 12.5. The number of hydrogen-bond acceptors (Lipinski definition) is 5. The van der Waals surface area contributed by atoms with Crippen LogP contribution in [0.25, 0.3) is 0 Å². The minimum atomic E-state index is -0.668. The molecule has 3 aromatic carbocycles. The van der Waals surface area contributed by atoms with Gasteiger partial charge in [-0.3, -0.25) is 4.79 Å². The van der Waals surface area contributed by atoms with E-state index in [1.807, 2.05) is 36.4 Å². The Hall–Kier alpha value is -3.35. The number of nitrogens with one attached hydrogen (secondary N) is 2. The molecule has 180 valence electrons. The first-order valence-electron chi connectivity index (χ1n) is 11.4. The molecule has 0 aliphatic carbocycles. The van der Waals surface area contributed by atoms with E-state index in [0.717, 1.165) is 34.4 Å². The molecule has 1 unspecified atom stereocenters. The van der Waals surface area contributed by atoms with Crippen LogP contribution in [-0.2, 0) is 24.2 Å². The van der Waals surface area contributed by atoms with Crippen molar-refractivity contribution in [1.82, 2.24) is 10.6 Å². The fourth-order valence-corrected chi connectivity index (χ4v) is 3.90. The van der Waals surface area contributed by atoms with E-state index in [0.29, 0.717) is 19.5 Å². The molecular formula is C28H34N2O4. The van der Waals surface area contributed by atoms with Crippen LogP contribution in [-0.4, -0.2) is 35.3 Å². The summed E-state index contributed by atoms with van der Waals surface area (Å²) >= 11 is 0. The summed E-state index contributed by atoms with van der Waals surface area (Å²) in [6.45, 7) is 4.98. The molecule has 0 aliphatic rings. The van der Waals surface area contributed by atoms with Crippen molar-refractivity contribution in [2.24, 2.45) is 0 Å². The van der Waals surface area contributed by atoms with Crippen molar-refractivity contribution in [2.45, 2.75) is 44.9 Å². The van der Waals surface area contributed by atoms with Crippen LogP contribution in [0.1, 0.15) is 42.2 Å². The molecule has 0 spiro atoms. The van der Waals surface area contributed by atoms with E-state index in [9.17, 15) is 15.0 Å². The Bertz CT molecular complexity index is 1080. The van der Waals surface area contributed by atoms with Crippen LogP contribution >= 0.6 is 0 Å². The summed E-state index contributed by atoms with van der Waals surface area (Å²) < 4.78 is 5.34. The van der Waals surface area contributed by atoms with Gasteiger partial charge in [-0.25, -0.2) is 0 Å². The number of benzene rings is 3. The quantitative estimate of drug-likeness (QED) is 0.347. The fraction of sp³-hybridized carbons (Fsp3) is 0.321. The van der Waals surface area contributed by atoms with Crippen molar-refractivity contribution in [1.29, 1.82) is 0 Å². The topological polar surface area (TPSA) is 90.8 Å². The zero-order chi connectivity index (χ0) is 24.6. The van der Waals surface area contributed by atoms with Crippen molar-refractivity contribution < 1.29 is 19.7 Å². The second-order valence-corrected chi connectivity index (χ2v) is 9.13. The van der Waals surface area contributed by atoms with Gasteiger partial charge in [0, 0.05) is 24.2 Å². The summed E-state index contributed by atoms with van der Waals surface area (Å²) in [7, 11) is 1.62. The Balaban J connectivity index is 1.52. The number of phenolic OH excluding ortho intramolecular Hbond substituents is 1. The summed E-state index contributed by atoms with van der Waals surface area (Å²) in [5.74, 6) is 0.894. The maximum Gasteiger partial charge on any atom is 0.224 e. The number of aromatic hydroxyl groups is 1. The number of aliphatic hydroxyl groups excluding tert-OH is 1. The van der Waals surface area contributed by atoms with Gasteiger partial charge in [-0.1, -0.05) is 54.6 Å². The smallest absolute Gasteiger partial charge is 0.224 e. The zero-order valence-electron chi connectivity index (χ0n) is 20.0. The normalized spacial score (nSPS) is 12.2. The van der Waals surface area contributed by atoms with Gasteiger partial charge in [-0.15, -0.1) is 0 Å². The Kier molecular flexibility index (Phi) is 8.68. The molecular weight excluding hydrogens is 428 g/mol. The molecule has 0 saturated heterocycles. The third kappa shape index (κ3) is 7.61. The highest BCUT2D eigenvalue weighted by Crippen LogP contribution is 2.20. The highest BCUT2D eigenvalue weighted by molar-refractivity contribution is 5.78. The lowest BCUT2D eigenvalue weighted by Crippen LogP contribution is -2.43. The molecule has 1 atom stereocenters. The van der Waals surface area contributed by atoms with E-state index < -0.39 is 6.10 Å². The van der Waals surface area contributed by atoms with Crippen LogP contribution in [0.4, 0.5) is 0 Å². The average molecular weight is 463 g/mol. The number of rotatable bonds is 11. The van der Waals surface area contributed by atoms with Crippen molar-refractivity contribution >= 4 is 5.91 Å². The average Bonchev–Trinajstić information content (AvgIpc) is 2.82. The molecule has 1 amide bonds. The highest BCUT2D eigenvalue weighted by atomic mass is 16.5. The van der Waals surface area contributed by atoms with Crippen LogP contribution in [0.2, 0.25) is 0 Å². The number of amides is 1. The highest BCUT2D eigenvalue weighted by Gasteiger charge is 2.20. The number of carbonyl (C=O) groups excluding carboxylic acids is 1. The van der Waals surface area contributed by atoms with Crippen molar-refractivity contribution in [3.63, 3.8) is 0 Å². The second kappa shape index (κ2) is 11.7. The third-order valence-electron chi connectivity index (χ3n) is 5.72. The molecule has 0 aliphatic heterocycles. The van der Waals surface area contributed by atoms with Crippen molar-refractivity contribution in [2.75, 3.05) is 13.7 Å². The van der Waals surface area contributed by atoms with E-state index in [-0.39, 0.29) is 17.2 Å². The standard InChI is InChI=1S/C28H34N2O4/c1-28(2,30-19-25(32)22-11-13-24(31)14-12-22)17-21-8-6-7-20(15-21)16-27(33)29-18-23-9-4-5-10-26(23)34-3/h4-15,25,30-32H,16-19H2,1-3H3,(H,29,33). The van der Waals surface area contributed by atoms with Crippen molar-refractivity contribution in [3.05, 3.63) is 95.1 Å². The summed E-state index contributed by atoms with van der Waals surface area (Å²) in [4.78, 5) is 12.5. The number of para-hydroxylation sites is 1. The SMILES string of the molecule is COc1ccccc1CNC(=O)Cc1cccc(CC(C)(C)NCC(O)c2ccc(O)cc2)c1. The van der Waals surface area contributed by atoms with Crippen LogP contribution < -0.4 is 15.4 Å². The first-order valence-corrected chi connectivity index (χ1v) is 11.4. The number of β-amino-alcohol motifs (C(OH)–C–C–N with tert-alkyl or cyclic N) is 1. The van der Waals surface area contributed by atoms with Gasteiger partial charge in [0.05, 0.1) is 19.6 Å². The maximum atomic E-state index is 12.5. The van der Waals surface area contributed by atoms with Crippen LogP contribution in [0, 0.1) is 0 Å². The van der Waals surface area contributed by atoms with E-state index >= 15 is 0 Å².